The standard InChI is InChI=1S/C23H29N3O2S/c1-14(23-10-16-7-17(11-23)9-18(8-16)12-23)24-22(27)19-5-3-4-6-20(19)29-13-21-25-15(2)28-26-21/h3-6,14,16-18H,7-13H2,1-2H3,(H,24,27). The van der Waals surface area contributed by atoms with Crippen molar-refractivity contribution in [2.24, 2.45) is 23.2 Å². The average molecular weight is 412 g/mol. The minimum absolute atomic E-state index is 0.0423. The number of aryl methyl sites for hydroxylation is 1. The number of hydrogen-bond acceptors (Lipinski definition) is 5. The van der Waals surface area contributed by atoms with Crippen molar-refractivity contribution < 1.29 is 9.32 Å². The second-order valence-electron chi connectivity index (χ2n) is 9.49. The van der Waals surface area contributed by atoms with Crippen LogP contribution < -0.4 is 5.32 Å². The Kier molecular flexibility index (Phi) is 4.93. The Bertz CT molecular complexity index is 874. The van der Waals surface area contributed by atoms with Gasteiger partial charge in [-0.15, -0.1) is 11.8 Å². The fourth-order valence-electron chi connectivity index (χ4n) is 6.46. The number of carbonyl (C=O) groups is 1. The maximum absolute atomic E-state index is 13.2. The summed E-state index contributed by atoms with van der Waals surface area (Å²) in [5.74, 6) is 4.53. The number of nitrogens with one attached hydrogen (secondary N) is 1. The molecule has 154 valence electrons. The molecule has 0 saturated heterocycles. The number of nitrogens with zero attached hydrogens (tertiary/aromatic N) is 2. The van der Waals surface area contributed by atoms with Crippen LogP contribution in [0.15, 0.2) is 33.7 Å². The molecule has 1 N–H and O–H groups in total. The minimum Gasteiger partial charge on any atom is -0.349 e. The normalized spacial score (nSPS) is 31.0. The first-order chi connectivity index (χ1) is 14.0. The number of rotatable bonds is 6. The van der Waals surface area contributed by atoms with Gasteiger partial charge in [-0.25, -0.2) is 0 Å². The Morgan fingerprint density at radius 1 is 1.21 bits per heavy atom. The van der Waals surface area contributed by atoms with Crippen LogP contribution in [0, 0.1) is 30.1 Å². The smallest absolute Gasteiger partial charge is 0.252 e. The highest BCUT2D eigenvalue weighted by Crippen LogP contribution is 2.61. The van der Waals surface area contributed by atoms with Crippen LogP contribution in [-0.4, -0.2) is 22.1 Å². The van der Waals surface area contributed by atoms with Gasteiger partial charge in [0.15, 0.2) is 5.82 Å². The van der Waals surface area contributed by atoms with Crippen molar-refractivity contribution in [3.63, 3.8) is 0 Å². The molecule has 1 amide bonds. The summed E-state index contributed by atoms with van der Waals surface area (Å²) in [5.41, 5.74) is 1.06. The van der Waals surface area contributed by atoms with E-state index in [0.717, 1.165) is 28.2 Å². The molecule has 0 aliphatic heterocycles. The topological polar surface area (TPSA) is 68.0 Å². The number of thioether (sulfide) groups is 1. The number of aromatic nitrogens is 2. The van der Waals surface area contributed by atoms with Crippen LogP contribution in [0.1, 0.15) is 67.5 Å². The van der Waals surface area contributed by atoms with Gasteiger partial charge in [-0.3, -0.25) is 4.79 Å². The van der Waals surface area contributed by atoms with E-state index in [4.69, 9.17) is 4.52 Å². The Balaban J connectivity index is 1.28. The van der Waals surface area contributed by atoms with Crippen LogP contribution in [-0.2, 0) is 5.75 Å². The van der Waals surface area contributed by atoms with Crippen molar-refractivity contribution in [1.82, 2.24) is 15.5 Å². The number of carbonyl (C=O) groups excluding carboxylic acids is 1. The third-order valence-corrected chi connectivity index (χ3v) is 8.48. The Morgan fingerprint density at radius 2 is 1.86 bits per heavy atom. The zero-order valence-electron chi connectivity index (χ0n) is 17.2. The monoisotopic (exact) mass is 411 g/mol. The van der Waals surface area contributed by atoms with Gasteiger partial charge in [0.1, 0.15) is 0 Å². The van der Waals surface area contributed by atoms with Crippen molar-refractivity contribution in [3.05, 3.63) is 41.5 Å². The summed E-state index contributed by atoms with van der Waals surface area (Å²) in [6.07, 6.45) is 8.18. The van der Waals surface area contributed by atoms with Crippen LogP contribution in [0.25, 0.3) is 0 Å². The largest absolute Gasteiger partial charge is 0.349 e. The maximum atomic E-state index is 13.2. The maximum Gasteiger partial charge on any atom is 0.252 e. The molecule has 4 fully saturated rings. The van der Waals surface area contributed by atoms with E-state index in [1.165, 1.54) is 38.5 Å². The van der Waals surface area contributed by atoms with E-state index in [-0.39, 0.29) is 11.9 Å². The first-order valence-electron chi connectivity index (χ1n) is 10.8. The summed E-state index contributed by atoms with van der Waals surface area (Å²) >= 11 is 1.58. The molecule has 1 aromatic heterocycles. The number of hydrogen-bond donors (Lipinski definition) is 1. The Hall–Kier alpha value is -1.82. The first kappa shape index (κ1) is 19.2. The second kappa shape index (κ2) is 7.46. The Labute approximate surface area is 176 Å². The van der Waals surface area contributed by atoms with E-state index in [1.54, 1.807) is 18.7 Å². The molecule has 0 radical (unpaired) electrons. The fourth-order valence-corrected chi connectivity index (χ4v) is 7.35. The van der Waals surface area contributed by atoms with Gasteiger partial charge in [-0.1, -0.05) is 17.3 Å². The van der Waals surface area contributed by atoms with Crippen LogP contribution in [0.4, 0.5) is 0 Å². The van der Waals surface area contributed by atoms with Gasteiger partial charge in [0.2, 0.25) is 5.89 Å². The zero-order valence-corrected chi connectivity index (χ0v) is 18.0. The fraction of sp³-hybridized carbons (Fsp3) is 0.609. The molecule has 4 saturated carbocycles. The van der Waals surface area contributed by atoms with Gasteiger partial charge in [0.25, 0.3) is 5.91 Å². The SMILES string of the molecule is Cc1nc(CSc2ccccc2C(=O)NC(C)C23CC4CC(CC(C4)C2)C3)no1. The molecule has 1 aromatic carbocycles. The van der Waals surface area contributed by atoms with Gasteiger partial charge >= 0.3 is 0 Å². The van der Waals surface area contributed by atoms with Crippen LogP contribution in [0.3, 0.4) is 0 Å². The van der Waals surface area contributed by atoms with E-state index < -0.39 is 0 Å². The molecule has 4 aliphatic carbocycles. The number of amides is 1. The summed E-state index contributed by atoms with van der Waals surface area (Å²) in [6, 6.07) is 8.06. The molecule has 4 bridgehead atoms. The highest BCUT2D eigenvalue weighted by atomic mass is 32.2. The summed E-state index contributed by atoms with van der Waals surface area (Å²) in [4.78, 5) is 18.4. The molecular formula is C23H29N3O2S. The molecule has 6 heteroatoms. The summed E-state index contributed by atoms with van der Waals surface area (Å²) < 4.78 is 5.05. The molecule has 1 atom stereocenters. The van der Waals surface area contributed by atoms with Crippen molar-refractivity contribution in [2.75, 3.05) is 0 Å². The quantitative estimate of drug-likeness (QED) is 0.677. The molecule has 5 nitrogen and oxygen atoms in total. The zero-order chi connectivity index (χ0) is 20.0. The first-order valence-corrected chi connectivity index (χ1v) is 11.8. The highest BCUT2D eigenvalue weighted by Gasteiger charge is 2.53. The predicted molar refractivity (Wildman–Crippen MR) is 113 cm³/mol. The van der Waals surface area contributed by atoms with E-state index >= 15 is 0 Å². The van der Waals surface area contributed by atoms with Crippen LogP contribution >= 0.6 is 11.8 Å². The lowest BCUT2D eigenvalue weighted by molar-refractivity contribution is -0.0688. The average Bonchev–Trinajstić information content (AvgIpc) is 3.10. The molecule has 2 aromatic rings. The lowest BCUT2D eigenvalue weighted by atomic mass is 9.48. The molecular weight excluding hydrogens is 382 g/mol. The molecule has 1 heterocycles. The molecule has 0 spiro atoms. The van der Waals surface area contributed by atoms with E-state index in [9.17, 15) is 4.79 Å². The van der Waals surface area contributed by atoms with Crippen molar-refractivity contribution >= 4 is 17.7 Å². The third kappa shape index (κ3) is 3.72. The van der Waals surface area contributed by atoms with Crippen molar-refractivity contribution in [2.45, 2.75) is 69.1 Å². The van der Waals surface area contributed by atoms with Gasteiger partial charge in [-0.05, 0) is 80.8 Å². The van der Waals surface area contributed by atoms with Gasteiger partial charge in [0, 0.05) is 17.9 Å². The third-order valence-electron chi connectivity index (χ3n) is 7.41. The molecule has 29 heavy (non-hydrogen) atoms. The molecule has 4 aliphatic rings. The van der Waals surface area contributed by atoms with Crippen molar-refractivity contribution in [1.29, 1.82) is 0 Å². The summed E-state index contributed by atoms with van der Waals surface area (Å²) in [5, 5.41) is 7.35. The van der Waals surface area contributed by atoms with E-state index in [2.05, 4.69) is 22.4 Å². The summed E-state index contributed by atoms with van der Waals surface area (Å²) in [6.45, 7) is 4.03. The molecule has 1 unspecified atom stereocenters. The van der Waals surface area contributed by atoms with Crippen LogP contribution in [0.5, 0.6) is 0 Å². The Morgan fingerprint density at radius 3 is 2.48 bits per heavy atom. The van der Waals surface area contributed by atoms with Gasteiger partial charge < -0.3 is 9.84 Å². The lowest BCUT2D eigenvalue weighted by Crippen LogP contribution is -2.55. The highest BCUT2D eigenvalue weighted by molar-refractivity contribution is 7.98. The van der Waals surface area contributed by atoms with E-state index in [0.29, 0.717) is 22.9 Å². The summed E-state index contributed by atoms with van der Waals surface area (Å²) in [7, 11) is 0. The van der Waals surface area contributed by atoms with E-state index in [1.807, 2.05) is 24.3 Å². The minimum atomic E-state index is 0.0423. The van der Waals surface area contributed by atoms with Crippen LogP contribution in [0.2, 0.25) is 0 Å². The van der Waals surface area contributed by atoms with Gasteiger partial charge in [0.05, 0.1) is 11.3 Å². The second-order valence-corrected chi connectivity index (χ2v) is 10.5. The number of benzene rings is 1. The lowest BCUT2D eigenvalue weighted by Gasteiger charge is -2.59. The molecule has 6 rings (SSSR count). The van der Waals surface area contributed by atoms with Crippen molar-refractivity contribution in [3.8, 4) is 0 Å². The van der Waals surface area contributed by atoms with Gasteiger partial charge in [-0.2, -0.15) is 4.98 Å². The predicted octanol–water partition coefficient (Wildman–Crippen LogP) is 5.01.